The molecule has 0 bridgehead atoms. The van der Waals surface area contributed by atoms with E-state index in [1.807, 2.05) is 0 Å². The average Bonchev–Trinajstić information content (AvgIpc) is 2.92. The van der Waals surface area contributed by atoms with Crippen LogP contribution in [0, 0.1) is 0 Å². The molecule has 0 spiro atoms. The Kier molecular flexibility index (Phi) is 4.76. The zero-order valence-electron chi connectivity index (χ0n) is 10.8. The Morgan fingerprint density at radius 3 is 2.84 bits per heavy atom. The number of hydrogen-bond donors (Lipinski definition) is 1. The number of nitrogens with zero attached hydrogens (tertiary/aromatic N) is 4. The molecule has 2 aromatic heterocycles. The summed E-state index contributed by atoms with van der Waals surface area (Å²) in [5, 5.41) is 14.7. The summed E-state index contributed by atoms with van der Waals surface area (Å²) in [6.45, 7) is 1.83. The summed E-state index contributed by atoms with van der Waals surface area (Å²) in [6, 6.07) is 3.41. The molecule has 0 aromatic carbocycles. The average molecular weight is 265 g/mol. The van der Waals surface area contributed by atoms with Crippen LogP contribution in [0.25, 0.3) is 11.5 Å². The fourth-order valence-corrected chi connectivity index (χ4v) is 1.35. The molecule has 8 nitrogen and oxygen atoms in total. The zero-order valence-corrected chi connectivity index (χ0v) is 10.8. The van der Waals surface area contributed by atoms with Crippen LogP contribution in [0.15, 0.2) is 16.7 Å². The highest BCUT2D eigenvalue weighted by molar-refractivity contribution is 5.47. The molecule has 0 saturated carbocycles. The Hall–Kier alpha value is -2.06. The molecular weight excluding hydrogens is 250 g/mol. The molecule has 0 amide bonds. The van der Waals surface area contributed by atoms with Crippen molar-refractivity contribution in [2.24, 2.45) is 0 Å². The van der Waals surface area contributed by atoms with Crippen molar-refractivity contribution in [3.63, 3.8) is 0 Å². The third-order valence-corrected chi connectivity index (χ3v) is 2.31. The number of aromatic nitrogens is 4. The predicted molar refractivity (Wildman–Crippen MR) is 65.5 cm³/mol. The molecule has 102 valence electrons. The van der Waals surface area contributed by atoms with Gasteiger partial charge < -0.3 is 19.3 Å². The van der Waals surface area contributed by atoms with Gasteiger partial charge >= 0.3 is 0 Å². The Morgan fingerprint density at radius 1 is 1.26 bits per heavy atom. The molecule has 0 saturated heterocycles. The quantitative estimate of drug-likeness (QED) is 0.713. The summed E-state index contributed by atoms with van der Waals surface area (Å²) < 4.78 is 14.9. The minimum absolute atomic E-state index is 0.402. The molecule has 2 heterocycles. The van der Waals surface area contributed by atoms with Gasteiger partial charge in [-0.1, -0.05) is 5.16 Å². The molecule has 19 heavy (non-hydrogen) atoms. The highest BCUT2D eigenvalue weighted by Crippen LogP contribution is 2.14. The first kappa shape index (κ1) is 13.4. The SMILES string of the molecule is COCCNCc1nc(-c2ccc(OC)nn2)no1. The van der Waals surface area contributed by atoms with E-state index in [4.69, 9.17) is 14.0 Å². The lowest BCUT2D eigenvalue weighted by Gasteiger charge is -1.98. The first-order valence-electron chi connectivity index (χ1n) is 5.74. The first-order chi connectivity index (χ1) is 9.33. The van der Waals surface area contributed by atoms with Crippen molar-refractivity contribution in [2.75, 3.05) is 27.4 Å². The van der Waals surface area contributed by atoms with Crippen LogP contribution < -0.4 is 10.1 Å². The largest absolute Gasteiger partial charge is 0.480 e. The Balaban J connectivity index is 1.95. The predicted octanol–water partition coefficient (Wildman–Crippen LogP) is 0.271. The molecule has 0 unspecified atom stereocenters. The smallest absolute Gasteiger partial charge is 0.240 e. The van der Waals surface area contributed by atoms with Crippen molar-refractivity contribution in [1.82, 2.24) is 25.7 Å². The van der Waals surface area contributed by atoms with Crippen molar-refractivity contribution in [1.29, 1.82) is 0 Å². The van der Waals surface area contributed by atoms with Crippen molar-refractivity contribution in [2.45, 2.75) is 6.54 Å². The fraction of sp³-hybridized carbons (Fsp3) is 0.455. The van der Waals surface area contributed by atoms with E-state index < -0.39 is 0 Å². The van der Waals surface area contributed by atoms with Gasteiger partial charge in [-0.3, -0.25) is 0 Å². The van der Waals surface area contributed by atoms with E-state index in [2.05, 4.69) is 25.7 Å². The van der Waals surface area contributed by atoms with Gasteiger partial charge in [0.05, 0.1) is 20.3 Å². The molecule has 8 heteroatoms. The van der Waals surface area contributed by atoms with Gasteiger partial charge in [0.2, 0.25) is 17.6 Å². The second-order valence-electron chi connectivity index (χ2n) is 3.64. The van der Waals surface area contributed by atoms with Crippen LogP contribution in [0.3, 0.4) is 0 Å². The highest BCUT2D eigenvalue weighted by atomic mass is 16.5. The molecule has 0 atom stereocenters. The summed E-state index contributed by atoms with van der Waals surface area (Å²) in [7, 11) is 3.18. The Morgan fingerprint density at radius 2 is 2.16 bits per heavy atom. The normalized spacial score (nSPS) is 10.6. The van der Waals surface area contributed by atoms with Gasteiger partial charge in [0.25, 0.3) is 0 Å². The highest BCUT2D eigenvalue weighted by Gasteiger charge is 2.10. The lowest BCUT2D eigenvalue weighted by Crippen LogP contribution is -2.18. The number of hydrogen-bond acceptors (Lipinski definition) is 8. The number of nitrogens with one attached hydrogen (secondary N) is 1. The van der Waals surface area contributed by atoms with Crippen LogP contribution in [0.1, 0.15) is 5.89 Å². The van der Waals surface area contributed by atoms with Crippen molar-refractivity contribution in [3.05, 3.63) is 18.0 Å². The van der Waals surface area contributed by atoms with Crippen molar-refractivity contribution >= 4 is 0 Å². The van der Waals surface area contributed by atoms with Gasteiger partial charge in [-0.15, -0.1) is 10.2 Å². The van der Waals surface area contributed by atoms with Crippen LogP contribution in [-0.2, 0) is 11.3 Å². The third kappa shape index (κ3) is 3.70. The molecule has 0 radical (unpaired) electrons. The Bertz CT molecular complexity index is 499. The first-order valence-corrected chi connectivity index (χ1v) is 5.74. The number of rotatable bonds is 7. The molecule has 2 rings (SSSR count). The second kappa shape index (κ2) is 6.76. The summed E-state index contributed by atoms with van der Waals surface area (Å²) in [5.41, 5.74) is 0.535. The molecule has 0 fully saturated rings. The molecular formula is C11H15N5O3. The lowest BCUT2D eigenvalue weighted by atomic mass is 10.4. The molecule has 0 aliphatic carbocycles. The van der Waals surface area contributed by atoms with Crippen LogP contribution in [0.5, 0.6) is 5.88 Å². The maximum Gasteiger partial charge on any atom is 0.240 e. The fourth-order valence-electron chi connectivity index (χ4n) is 1.35. The summed E-state index contributed by atoms with van der Waals surface area (Å²) >= 11 is 0. The van der Waals surface area contributed by atoms with Gasteiger partial charge in [0, 0.05) is 19.7 Å². The van der Waals surface area contributed by atoms with Crippen LogP contribution in [-0.4, -0.2) is 47.7 Å². The van der Waals surface area contributed by atoms with Gasteiger partial charge in [0.15, 0.2) is 0 Å². The summed E-state index contributed by atoms with van der Waals surface area (Å²) in [5.74, 6) is 1.33. The topological polar surface area (TPSA) is 95.2 Å². The Labute approximate surface area is 110 Å². The standard InChI is InChI=1S/C11H15N5O3/c1-17-6-5-12-7-10-13-11(16-19-10)8-3-4-9(18-2)15-14-8/h3-4,12H,5-7H2,1-2H3. The molecule has 0 aliphatic heterocycles. The minimum atomic E-state index is 0.402. The monoisotopic (exact) mass is 265 g/mol. The van der Waals surface area contributed by atoms with E-state index in [1.165, 1.54) is 7.11 Å². The van der Waals surface area contributed by atoms with E-state index in [9.17, 15) is 0 Å². The number of ether oxygens (including phenoxy) is 2. The van der Waals surface area contributed by atoms with Crippen LogP contribution in [0.2, 0.25) is 0 Å². The second-order valence-corrected chi connectivity index (χ2v) is 3.64. The van der Waals surface area contributed by atoms with Gasteiger partial charge in [-0.2, -0.15) is 4.98 Å². The van der Waals surface area contributed by atoms with E-state index in [0.717, 1.165) is 6.54 Å². The van der Waals surface area contributed by atoms with E-state index >= 15 is 0 Å². The van der Waals surface area contributed by atoms with Gasteiger partial charge in [-0.25, -0.2) is 0 Å². The minimum Gasteiger partial charge on any atom is -0.480 e. The van der Waals surface area contributed by atoms with E-state index in [-0.39, 0.29) is 0 Å². The maximum absolute atomic E-state index is 5.09. The van der Waals surface area contributed by atoms with E-state index in [0.29, 0.717) is 36.4 Å². The van der Waals surface area contributed by atoms with Gasteiger partial charge in [-0.05, 0) is 6.07 Å². The zero-order chi connectivity index (χ0) is 13.5. The maximum atomic E-state index is 5.09. The molecule has 0 aliphatic rings. The van der Waals surface area contributed by atoms with E-state index in [1.54, 1.807) is 19.2 Å². The van der Waals surface area contributed by atoms with Crippen molar-refractivity contribution in [3.8, 4) is 17.4 Å². The summed E-state index contributed by atoms with van der Waals surface area (Å²) in [4.78, 5) is 4.21. The molecule has 1 N–H and O–H groups in total. The number of methoxy groups -OCH3 is 2. The van der Waals surface area contributed by atoms with Crippen LogP contribution in [0.4, 0.5) is 0 Å². The lowest BCUT2D eigenvalue weighted by molar-refractivity contribution is 0.197. The summed E-state index contributed by atoms with van der Waals surface area (Å²) in [6.07, 6.45) is 0. The molecule has 2 aromatic rings. The third-order valence-electron chi connectivity index (χ3n) is 2.31. The van der Waals surface area contributed by atoms with Crippen LogP contribution >= 0.6 is 0 Å². The van der Waals surface area contributed by atoms with Gasteiger partial charge in [0.1, 0.15) is 5.69 Å². The van der Waals surface area contributed by atoms with Crippen molar-refractivity contribution < 1.29 is 14.0 Å².